The van der Waals surface area contributed by atoms with E-state index in [0.29, 0.717) is 39.0 Å². The molecule has 0 aromatic heterocycles. The Labute approximate surface area is 122 Å². The van der Waals surface area contributed by atoms with Crippen molar-refractivity contribution in [3.8, 4) is 0 Å². The van der Waals surface area contributed by atoms with Crippen LogP contribution in [0.25, 0.3) is 0 Å². The second-order valence-electron chi connectivity index (χ2n) is 5.43. The normalized spacial score (nSPS) is 26.6. The lowest BCUT2D eigenvalue weighted by molar-refractivity contribution is -0.433. The molecule has 1 unspecified atom stereocenters. The number of aliphatic hydroxyl groups is 1. The average molecular weight is 300 g/mol. The van der Waals surface area contributed by atoms with Gasteiger partial charge in [0.1, 0.15) is 12.9 Å². The molecule has 1 atom stereocenters. The van der Waals surface area contributed by atoms with Crippen molar-refractivity contribution >= 4 is 0 Å². The van der Waals surface area contributed by atoms with E-state index in [0.717, 1.165) is 13.1 Å². The number of rotatable bonds is 5. The molecule has 3 heterocycles. The van der Waals surface area contributed by atoms with Crippen LogP contribution in [-0.2, 0) is 9.47 Å². The van der Waals surface area contributed by atoms with E-state index in [1.54, 1.807) is 0 Å². The van der Waals surface area contributed by atoms with Gasteiger partial charge in [0.05, 0.1) is 31.4 Å². The molecule has 2 saturated heterocycles. The molecule has 0 aromatic rings. The number of hydrogen-bond donors (Lipinski definition) is 1. The fourth-order valence-corrected chi connectivity index (χ4v) is 3.06. The molecule has 0 aromatic carbocycles. The number of β-amino-alcohol motifs (C(OH)–C–C–N with tert-alkyl or cyclic N) is 1. The quantitative estimate of drug-likeness (QED) is 0.494. The number of nitrogens with zero attached hydrogens (tertiary/aromatic N) is 4. The van der Waals surface area contributed by atoms with Crippen LogP contribution >= 0.6 is 0 Å². The maximum Gasteiger partial charge on any atom is 0.300 e. The summed E-state index contributed by atoms with van der Waals surface area (Å²) in [5.74, 6) is 0.699. The highest BCUT2D eigenvalue weighted by Crippen LogP contribution is 2.28. The van der Waals surface area contributed by atoms with Gasteiger partial charge in [-0.05, 0) is 0 Å². The van der Waals surface area contributed by atoms with Gasteiger partial charge in [0.2, 0.25) is 0 Å². The number of nitro groups is 1. The lowest BCUT2D eigenvalue weighted by Gasteiger charge is -2.34. The minimum atomic E-state index is -0.309. The van der Waals surface area contributed by atoms with Crippen LogP contribution in [0.5, 0.6) is 0 Å². The van der Waals surface area contributed by atoms with Crippen LogP contribution in [0, 0.1) is 10.1 Å². The molecular weight excluding hydrogens is 280 g/mol. The van der Waals surface area contributed by atoms with Gasteiger partial charge in [-0.25, -0.2) is 0 Å². The van der Waals surface area contributed by atoms with E-state index >= 15 is 0 Å². The standard InChI is InChI=1S/C12H20N4O5/c17-4-3-13-6-11(16(18)19)12-14(1-2-15(12)8-13)5-10-7-20-9-21-10/h10,17H,1-9H2. The fourth-order valence-electron chi connectivity index (χ4n) is 3.06. The van der Waals surface area contributed by atoms with E-state index in [1.165, 1.54) is 0 Å². The van der Waals surface area contributed by atoms with E-state index in [1.807, 2.05) is 14.7 Å². The first-order chi connectivity index (χ1) is 10.2. The Hall–Kier alpha value is -1.42. The zero-order valence-electron chi connectivity index (χ0n) is 11.8. The zero-order valence-corrected chi connectivity index (χ0v) is 11.8. The van der Waals surface area contributed by atoms with Crippen molar-refractivity contribution in [1.29, 1.82) is 0 Å². The van der Waals surface area contributed by atoms with Gasteiger partial charge in [0.25, 0.3) is 5.70 Å². The van der Waals surface area contributed by atoms with E-state index < -0.39 is 0 Å². The molecule has 3 aliphatic rings. The van der Waals surface area contributed by atoms with Crippen LogP contribution < -0.4 is 0 Å². The van der Waals surface area contributed by atoms with Crippen molar-refractivity contribution in [2.75, 3.05) is 59.4 Å². The zero-order chi connectivity index (χ0) is 14.8. The molecule has 21 heavy (non-hydrogen) atoms. The summed E-state index contributed by atoms with van der Waals surface area (Å²) < 4.78 is 10.6. The topological polar surface area (TPSA) is 91.5 Å². The second kappa shape index (κ2) is 6.14. The van der Waals surface area contributed by atoms with E-state index in [2.05, 4.69) is 0 Å². The predicted octanol–water partition coefficient (Wildman–Crippen LogP) is -1.31. The fraction of sp³-hybridized carbons (Fsp3) is 0.833. The van der Waals surface area contributed by atoms with Gasteiger partial charge in [-0.1, -0.05) is 0 Å². The van der Waals surface area contributed by atoms with Crippen LogP contribution in [0.15, 0.2) is 11.5 Å². The van der Waals surface area contributed by atoms with Crippen molar-refractivity contribution in [2.24, 2.45) is 0 Å². The Balaban J connectivity index is 1.78. The van der Waals surface area contributed by atoms with Gasteiger partial charge >= 0.3 is 0 Å². The summed E-state index contributed by atoms with van der Waals surface area (Å²) in [5.41, 5.74) is 0.200. The maximum absolute atomic E-state index is 11.4. The van der Waals surface area contributed by atoms with E-state index in [-0.39, 0.29) is 29.9 Å². The molecular formula is C12H20N4O5. The molecule has 0 radical (unpaired) electrons. The highest BCUT2D eigenvalue weighted by atomic mass is 16.7. The molecule has 3 rings (SSSR count). The molecule has 0 saturated carbocycles. The van der Waals surface area contributed by atoms with Crippen molar-refractivity contribution in [3.63, 3.8) is 0 Å². The molecule has 2 fully saturated rings. The van der Waals surface area contributed by atoms with Crippen LogP contribution in [0.1, 0.15) is 0 Å². The number of aliphatic hydroxyl groups excluding tert-OH is 1. The first kappa shape index (κ1) is 14.5. The van der Waals surface area contributed by atoms with Gasteiger partial charge in [0, 0.05) is 26.2 Å². The lowest BCUT2D eigenvalue weighted by atomic mass is 10.3. The SMILES string of the molecule is O=[N+]([O-])C1=C2N(CC3COCO3)CCN2CN(CCO)C1. The Morgan fingerprint density at radius 2 is 2.29 bits per heavy atom. The Bertz CT molecular complexity index is 437. The summed E-state index contributed by atoms with van der Waals surface area (Å²) in [5, 5.41) is 20.4. The first-order valence-corrected chi connectivity index (χ1v) is 7.09. The van der Waals surface area contributed by atoms with Gasteiger partial charge < -0.3 is 24.4 Å². The maximum atomic E-state index is 11.4. The van der Waals surface area contributed by atoms with E-state index in [4.69, 9.17) is 14.6 Å². The molecule has 118 valence electrons. The second-order valence-corrected chi connectivity index (χ2v) is 5.43. The first-order valence-electron chi connectivity index (χ1n) is 7.09. The summed E-state index contributed by atoms with van der Waals surface area (Å²) in [6.45, 7) is 4.28. The predicted molar refractivity (Wildman–Crippen MR) is 71.5 cm³/mol. The van der Waals surface area contributed by atoms with Crippen molar-refractivity contribution in [1.82, 2.24) is 14.7 Å². The minimum absolute atomic E-state index is 0.00509. The van der Waals surface area contributed by atoms with E-state index in [9.17, 15) is 10.1 Å². The molecule has 0 aliphatic carbocycles. The third kappa shape index (κ3) is 2.95. The van der Waals surface area contributed by atoms with Gasteiger partial charge in [-0.3, -0.25) is 15.0 Å². The lowest BCUT2D eigenvalue weighted by Crippen LogP contribution is -2.46. The minimum Gasteiger partial charge on any atom is -0.395 e. The average Bonchev–Trinajstić information content (AvgIpc) is 3.09. The van der Waals surface area contributed by atoms with Crippen LogP contribution in [0.2, 0.25) is 0 Å². The molecule has 3 aliphatic heterocycles. The highest BCUT2D eigenvalue weighted by Gasteiger charge is 2.40. The third-order valence-corrected chi connectivity index (χ3v) is 3.99. The summed E-state index contributed by atoms with van der Waals surface area (Å²) in [6.07, 6.45) is -0.0269. The summed E-state index contributed by atoms with van der Waals surface area (Å²) in [6, 6.07) is 0. The Morgan fingerprint density at radius 1 is 1.43 bits per heavy atom. The van der Waals surface area contributed by atoms with Crippen molar-refractivity contribution < 1.29 is 19.5 Å². The molecule has 9 nitrogen and oxygen atoms in total. The van der Waals surface area contributed by atoms with Crippen LogP contribution in [0.3, 0.4) is 0 Å². The number of ether oxygens (including phenoxy) is 2. The Kier molecular flexibility index (Phi) is 4.24. The molecule has 0 bridgehead atoms. The van der Waals surface area contributed by atoms with Crippen LogP contribution in [0.4, 0.5) is 0 Å². The van der Waals surface area contributed by atoms with Crippen LogP contribution in [-0.4, -0.2) is 90.2 Å². The summed E-state index contributed by atoms with van der Waals surface area (Å²) in [4.78, 5) is 17.0. The summed E-state index contributed by atoms with van der Waals surface area (Å²) in [7, 11) is 0. The third-order valence-electron chi connectivity index (χ3n) is 3.99. The molecule has 0 amide bonds. The number of hydrogen-bond acceptors (Lipinski definition) is 8. The van der Waals surface area contributed by atoms with Gasteiger partial charge in [-0.15, -0.1) is 0 Å². The van der Waals surface area contributed by atoms with Gasteiger partial charge in [-0.2, -0.15) is 0 Å². The monoisotopic (exact) mass is 300 g/mol. The smallest absolute Gasteiger partial charge is 0.300 e. The Morgan fingerprint density at radius 3 is 2.95 bits per heavy atom. The highest BCUT2D eigenvalue weighted by molar-refractivity contribution is 5.15. The largest absolute Gasteiger partial charge is 0.395 e. The van der Waals surface area contributed by atoms with Gasteiger partial charge in [0.15, 0.2) is 5.82 Å². The molecule has 1 N–H and O–H groups in total. The summed E-state index contributed by atoms with van der Waals surface area (Å²) >= 11 is 0. The molecule has 9 heteroatoms. The number of fused-ring (bicyclic) bond motifs is 1. The van der Waals surface area contributed by atoms with Crippen molar-refractivity contribution in [2.45, 2.75) is 6.10 Å². The van der Waals surface area contributed by atoms with Crippen molar-refractivity contribution in [3.05, 3.63) is 21.6 Å². The molecule has 0 spiro atoms.